The molecule has 0 unspecified atom stereocenters. The molecule has 23 heavy (non-hydrogen) atoms. The summed E-state index contributed by atoms with van der Waals surface area (Å²) in [7, 11) is 0. The second-order valence-corrected chi connectivity index (χ2v) is 4.72. The minimum atomic E-state index is -1.94. The van der Waals surface area contributed by atoms with E-state index in [1.165, 1.54) is 0 Å². The van der Waals surface area contributed by atoms with Gasteiger partial charge in [0.05, 0.1) is 6.42 Å². The number of carboxylic acid groups (broad SMARTS) is 1. The first kappa shape index (κ1) is 16.9. The third-order valence-corrected chi connectivity index (χ3v) is 3.16. The lowest BCUT2D eigenvalue weighted by molar-refractivity contribution is -0.137. The van der Waals surface area contributed by atoms with Crippen molar-refractivity contribution in [3.8, 4) is 0 Å². The minimum Gasteiger partial charge on any atom is -0.481 e. The van der Waals surface area contributed by atoms with Crippen LogP contribution in [0.3, 0.4) is 0 Å². The minimum absolute atomic E-state index is 0.257. The predicted octanol–water partition coefficient (Wildman–Crippen LogP) is 4.13. The highest BCUT2D eigenvalue weighted by Crippen LogP contribution is 2.35. The maximum atomic E-state index is 13.8. The number of halogens is 6. The van der Waals surface area contributed by atoms with Gasteiger partial charge in [-0.05, 0) is 0 Å². The Kier molecular flexibility index (Phi) is 4.63. The summed E-state index contributed by atoms with van der Waals surface area (Å²) in [5.41, 5.74) is -2.03. The van der Waals surface area contributed by atoms with Crippen molar-refractivity contribution in [2.75, 3.05) is 0 Å². The van der Waals surface area contributed by atoms with Gasteiger partial charge in [0.15, 0.2) is 0 Å². The molecule has 122 valence electrons. The highest BCUT2D eigenvalue weighted by atomic mass is 19.2. The van der Waals surface area contributed by atoms with Gasteiger partial charge in [0.25, 0.3) is 0 Å². The average molecular weight is 334 g/mol. The van der Waals surface area contributed by atoms with Crippen molar-refractivity contribution in [3.05, 3.63) is 70.3 Å². The van der Waals surface area contributed by atoms with E-state index in [0.717, 1.165) is 0 Å². The van der Waals surface area contributed by atoms with Crippen molar-refractivity contribution in [3.63, 3.8) is 0 Å². The topological polar surface area (TPSA) is 37.3 Å². The van der Waals surface area contributed by atoms with Crippen LogP contribution in [0.25, 0.3) is 0 Å². The van der Waals surface area contributed by atoms with Crippen LogP contribution in [0.1, 0.15) is 23.5 Å². The van der Waals surface area contributed by atoms with Gasteiger partial charge in [-0.2, -0.15) is 0 Å². The van der Waals surface area contributed by atoms with Gasteiger partial charge in [-0.1, -0.05) is 0 Å². The first-order valence-corrected chi connectivity index (χ1v) is 6.21. The Balaban J connectivity index is 2.72. The van der Waals surface area contributed by atoms with Gasteiger partial charge >= 0.3 is 5.97 Å². The molecule has 8 heteroatoms. The molecule has 2 rings (SSSR count). The number of hydrogen-bond donors (Lipinski definition) is 1. The fourth-order valence-electron chi connectivity index (χ4n) is 2.30. The van der Waals surface area contributed by atoms with Crippen LogP contribution in [0.4, 0.5) is 26.3 Å². The molecule has 0 amide bonds. The molecule has 2 aromatic carbocycles. The monoisotopic (exact) mass is 334 g/mol. The number of carbonyl (C=O) groups is 1. The third-order valence-electron chi connectivity index (χ3n) is 3.16. The second-order valence-electron chi connectivity index (χ2n) is 4.72. The highest BCUT2D eigenvalue weighted by Gasteiger charge is 2.30. The maximum absolute atomic E-state index is 13.8. The lowest BCUT2D eigenvalue weighted by Gasteiger charge is -2.19. The molecule has 0 aliphatic carbocycles. The quantitative estimate of drug-likeness (QED) is 0.854. The van der Waals surface area contributed by atoms with E-state index in [0.29, 0.717) is 0 Å². The second kappa shape index (κ2) is 6.31. The first-order valence-electron chi connectivity index (χ1n) is 6.21. The molecule has 0 aromatic heterocycles. The van der Waals surface area contributed by atoms with Gasteiger partial charge in [-0.25, -0.2) is 26.3 Å². The van der Waals surface area contributed by atoms with Crippen LogP contribution in [0, 0.1) is 34.9 Å². The van der Waals surface area contributed by atoms with Gasteiger partial charge in [0.1, 0.15) is 34.9 Å². The average Bonchev–Trinajstić information content (AvgIpc) is 2.34. The summed E-state index contributed by atoms with van der Waals surface area (Å²) < 4.78 is 81.3. The van der Waals surface area contributed by atoms with E-state index in [-0.39, 0.29) is 24.3 Å². The Hall–Kier alpha value is -2.51. The molecule has 1 N–H and O–H groups in total. The predicted molar refractivity (Wildman–Crippen MR) is 66.7 cm³/mol. The maximum Gasteiger partial charge on any atom is 0.304 e. The zero-order valence-corrected chi connectivity index (χ0v) is 11.2. The van der Waals surface area contributed by atoms with Crippen molar-refractivity contribution in [1.29, 1.82) is 0 Å². The first-order chi connectivity index (χ1) is 10.7. The van der Waals surface area contributed by atoms with Crippen LogP contribution in [-0.2, 0) is 4.79 Å². The summed E-state index contributed by atoms with van der Waals surface area (Å²) >= 11 is 0. The number of rotatable bonds is 4. The van der Waals surface area contributed by atoms with Crippen molar-refractivity contribution < 1.29 is 36.2 Å². The summed E-state index contributed by atoms with van der Waals surface area (Å²) in [6, 6.07) is 1.03. The lowest BCUT2D eigenvalue weighted by Crippen LogP contribution is -2.15. The van der Waals surface area contributed by atoms with Crippen LogP contribution in [0.2, 0.25) is 0 Å². The third kappa shape index (κ3) is 3.46. The zero-order valence-electron chi connectivity index (χ0n) is 11.2. The van der Waals surface area contributed by atoms with Crippen LogP contribution in [0.5, 0.6) is 0 Å². The van der Waals surface area contributed by atoms with E-state index in [1.54, 1.807) is 0 Å². The summed E-state index contributed by atoms with van der Waals surface area (Å²) in [5.74, 6) is -12.1. The van der Waals surface area contributed by atoms with Crippen LogP contribution in [0.15, 0.2) is 24.3 Å². The molecule has 0 aliphatic rings. The fraction of sp³-hybridized carbons (Fsp3) is 0.133. The van der Waals surface area contributed by atoms with Crippen LogP contribution >= 0.6 is 0 Å². The molecule has 0 bridgehead atoms. The normalized spacial score (nSPS) is 11.1. The molecule has 0 atom stereocenters. The van der Waals surface area contributed by atoms with Gasteiger partial charge < -0.3 is 5.11 Å². The number of aliphatic carboxylic acids is 1. The standard InChI is InChI=1S/C15H8F6O2/c16-6-1-9(18)14(10(19)2-6)8(5-13(22)23)15-11(20)3-7(17)4-12(15)21/h1-4,8H,5H2,(H,22,23). The van der Waals surface area contributed by atoms with Gasteiger partial charge in [-0.3, -0.25) is 4.79 Å². The number of benzene rings is 2. The molecule has 2 aromatic rings. The molecular weight excluding hydrogens is 326 g/mol. The highest BCUT2D eigenvalue weighted by molar-refractivity contribution is 5.69. The molecule has 0 saturated heterocycles. The summed E-state index contributed by atoms with van der Waals surface area (Å²) in [5, 5.41) is 8.84. The Labute approximate surface area is 126 Å². The molecule has 0 fully saturated rings. The summed E-state index contributed by atoms with van der Waals surface area (Å²) in [6.45, 7) is 0. The van der Waals surface area contributed by atoms with E-state index in [2.05, 4.69) is 0 Å². The van der Waals surface area contributed by atoms with Gasteiger partial charge in [-0.15, -0.1) is 0 Å². The van der Waals surface area contributed by atoms with Gasteiger partial charge in [0, 0.05) is 41.3 Å². The van der Waals surface area contributed by atoms with Crippen molar-refractivity contribution in [1.82, 2.24) is 0 Å². The van der Waals surface area contributed by atoms with Crippen molar-refractivity contribution in [2.45, 2.75) is 12.3 Å². The largest absolute Gasteiger partial charge is 0.481 e. The Bertz CT molecular complexity index is 671. The molecule has 0 spiro atoms. The summed E-state index contributed by atoms with van der Waals surface area (Å²) in [4.78, 5) is 10.9. The number of hydrogen-bond acceptors (Lipinski definition) is 1. The Morgan fingerprint density at radius 1 is 0.783 bits per heavy atom. The van der Waals surface area contributed by atoms with Crippen molar-refractivity contribution in [2.24, 2.45) is 0 Å². The van der Waals surface area contributed by atoms with E-state index < -0.39 is 64.3 Å². The lowest BCUT2D eigenvalue weighted by atomic mass is 9.87. The molecule has 0 aliphatic heterocycles. The van der Waals surface area contributed by atoms with Crippen LogP contribution < -0.4 is 0 Å². The Morgan fingerprint density at radius 3 is 1.35 bits per heavy atom. The summed E-state index contributed by atoms with van der Waals surface area (Å²) in [6.07, 6.45) is -1.08. The fourth-order valence-corrected chi connectivity index (χ4v) is 2.30. The van der Waals surface area contributed by atoms with E-state index >= 15 is 0 Å². The van der Waals surface area contributed by atoms with Crippen molar-refractivity contribution >= 4 is 5.97 Å². The number of carboxylic acids is 1. The molecular formula is C15H8F6O2. The zero-order chi connectivity index (χ0) is 17.3. The molecule has 2 nitrogen and oxygen atoms in total. The molecule has 0 radical (unpaired) electrons. The van der Waals surface area contributed by atoms with E-state index in [1.807, 2.05) is 0 Å². The van der Waals surface area contributed by atoms with E-state index in [9.17, 15) is 31.1 Å². The van der Waals surface area contributed by atoms with Crippen LogP contribution in [-0.4, -0.2) is 11.1 Å². The Morgan fingerprint density at radius 2 is 1.09 bits per heavy atom. The van der Waals surface area contributed by atoms with Gasteiger partial charge in [0.2, 0.25) is 0 Å². The smallest absolute Gasteiger partial charge is 0.304 e. The van der Waals surface area contributed by atoms with E-state index in [4.69, 9.17) is 5.11 Å². The SMILES string of the molecule is O=C(O)CC(c1c(F)cc(F)cc1F)c1c(F)cc(F)cc1F. The molecule has 0 saturated carbocycles. The molecule has 0 heterocycles.